The molecule has 0 atom stereocenters. The first kappa shape index (κ1) is 15.2. The SMILES string of the molecule is C#Cc1ccc(C#CCNC(=O)OCc2ccccc2)cc1. The number of carbonyl (C=O) groups excluding carboxylic acids is 1. The molecule has 0 saturated heterocycles. The van der Waals surface area contributed by atoms with E-state index in [-0.39, 0.29) is 13.2 Å². The van der Waals surface area contributed by atoms with Crippen LogP contribution in [-0.2, 0) is 11.3 Å². The van der Waals surface area contributed by atoms with E-state index in [2.05, 4.69) is 23.1 Å². The summed E-state index contributed by atoms with van der Waals surface area (Å²) in [5.74, 6) is 8.33. The van der Waals surface area contributed by atoms with E-state index in [9.17, 15) is 4.79 Å². The molecule has 0 aliphatic heterocycles. The van der Waals surface area contributed by atoms with E-state index >= 15 is 0 Å². The third kappa shape index (κ3) is 5.07. The zero-order chi connectivity index (χ0) is 15.6. The van der Waals surface area contributed by atoms with E-state index < -0.39 is 6.09 Å². The number of rotatable bonds is 3. The van der Waals surface area contributed by atoms with Crippen molar-refractivity contribution >= 4 is 6.09 Å². The summed E-state index contributed by atoms with van der Waals surface area (Å²) in [6.45, 7) is 0.470. The minimum Gasteiger partial charge on any atom is -0.445 e. The van der Waals surface area contributed by atoms with Crippen molar-refractivity contribution in [1.82, 2.24) is 5.32 Å². The second kappa shape index (κ2) is 8.19. The number of benzene rings is 2. The number of carbonyl (C=O) groups is 1. The Morgan fingerprint density at radius 3 is 2.41 bits per heavy atom. The first-order valence-corrected chi connectivity index (χ1v) is 6.78. The lowest BCUT2D eigenvalue weighted by atomic mass is 10.1. The van der Waals surface area contributed by atoms with Gasteiger partial charge in [-0.25, -0.2) is 4.79 Å². The minimum atomic E-state index is -0.485. The first-order valence-electron chi connectivity index (χ1n) is 6.78. The normalized spacial score (nSPS) is 9.05. The van der Waals surface area contributed by atoms with Crippen molar-refractivity contribution in [1.29, 1.82) is 0 Å². The van der Waals surface area contributed by atoms with Crippen molar-refractivity contribution in [2.45, 2.75) is 6.61 Å². The Balaban J connectivity index is 1.73. The van der Waals surface area contributed by atoms with E-state index in [0.717, 1.165) is 16.7 Å². The summed E-state index contributed by atoms with van der Waals surface area (Å²) < 4.78 is 5.07. The summed E-state index contributed by atoms with van der Waals surface area (Å²) in [7, 11) is 0. The molecule has 0 aliphatic rings. The number of alkyl carbamates (subject to hydrolysis) is 1. The van der Waals surface area contributed by atoms with Gasteiger partial charge >= 0.3 is 6.09 Å². The predicted octanol–water partition coefficient (Wildman–Crippen LogP) is 2.95. The summed E-state index contributed by atoms with van der Waals surface area (Å²) in [5, 5.41) is 2.58. The maximum absolute atomic E-state index is 11.5. The van der Waals surface area contributed by atoms with Crippen LogP contribution >= 0.6 is 0 Å². The van der Waals surface area contributed by atoms with E-state index in [1.54, 1.807) is 0 Å². The summed E-state index contributed by atoms with van der Waals surface area (Å²) in [4.78, 5) is 11.5. The molecule has 1 amide bonds. The molecule has 0 heterocycles. The second-order valence-electron chi connectivity index (χ2n) is 4.44. The Labute approximate surface area is 130 Å². The fourth-order valence-electron chi connectivity index (χ4n) is 1.69. The van der Waals surface area contributed by atoms with Crippen LogP contribution in [0.5, 0.6) is 0 Å². The standard InChI is InChI=1S/C19H15NO2/c1-2-16-10-12-17(13-11-16)9-6-14-20-19(21)22-15-18-7-4-3-5-8-18/h1,3-5,7-8,10-13H,14-15H2,(H,20,21). The van der Waals surface area contributed by atoms with Crippen LogP contribution < -0.4 is 5.32 Å². The van der Waals surface area contributed by atoms with Crippen molar-refractivity contribution in [3.8, 4) is 24.2 Å². The van der Waals surface area contributed by atoms with E-state index in [4.69, 9.17) is 11.2 Å². The lowest BCUT2D eigenvalue weighted by Gasteiger charge is -2.04. The first-order chi connectivity index (χ1) is 10.8. The topological polar surface area (TPSA) is 38.3 Å². The molecule has 108 valence electrons. The quantitative estimate of drug-likeness (QED) is 0.882. The van der Waals surface area contributed by atoms with Gasteiger partial charge in [0.25, 0.3) is 0 Å². The van der Waals surface area contributed by atoms with Crippen molar-refractivity contribution in [2.24, 2.45) is 0 Å². The van der Waals surface area contributed by atoms with Gasteiger partial charge in [-0.15, -0.1) is 6.42 Å². The summed E-state index contributed by atoms with van der Waals surface area (Å²) in [6, 6.07) is 16.8. The van der Waals surface area contributed by atoms with Gasteiger partial charge in [-0.3, -0.25) is 0 Å². The van der Waals surface area contributed by atoms with Crippen LogP contribution in [0.15, 0.2) is 54.6 Å². The second-order valence-corrected chi connectivity index (χ2v) is 4.44. The monoisotopic (exact) mass is 289 g/mol. The Bertz CT molecular complexity index is 716. The Morgan fingerprint density at radius 1 is 1.05 bits per heavy atom. The van der Waals surface area contributed by atoms with Crippen LogP contribution in [0, 0.1) is 24.2 Å². The average Bonchev–Trinajstić information content (AvgIpc) is 2.58. The zero-order valence-corrected chi connectivity index (χ0v) is 12.0. The summed E-state index contributed by atoms with van der Waals surface area (Å²) in [6.07, 6.45) is 4.79. The highest BCUT2D eigenvalue weighted by atomic mass is 16.5. The van der Waals surface area contributed by atoms with E-state index in [1.807, 2.05) is 54.6 Å². The molecule has 0 bridgehead atoms. The van der Waals surface area contributed by atoms with Crippen LogP contribution in [0.25, 0.3) is 0 Å². The van der Waals surface area contributed by atoms with Crippen LogP contribution in [0.1, 0.15) is 16.7 Å². The van der Waals surface area contributed by atoms with E-state index in [1.165, 1.54) is 0 Å². The molecule has 3 nitrogen and oxygen atoms in total. The van der Waals surface area contributed by atoms with Gasteiger partial charge in [0, 0.05) is 11.1 Å². The fraction of sp³-hybridized carbons (Fsp3) is 0.105. The van der Waals surface area contributed by atoms with E-state index in [0.29, 0.717) is 0 Å². The van der Waals surface area contributed by atoms with Gasteiger partial charge in [0.05, 0.1) is 6.54 Å². The molecule has 0 aromatic heterocycles. The molecule has 3 heteroatoms. The molecule has 2 rings (SSSR count). The molecule has 0 unspecified atom stereocenters. The molecule has 2 aromatic rings. The largest absolute Gasteiger partial charge is 0.445 e. The molecule has 1 N–H and O–H groups in total. The molecule has 0 fully saturated rings. The van der Waals surface area contributed by atoms with Crippen molar-refractivity contribution < 1.29 is 9.53 Å². The highest BCUT2D eigenvalue weighted by Crippen LogP contribution is 2.01. The third-order valence-corrected chi connectivity index (χ3v) is 2.82. The molecule has 0 aliphatic carbocycles. The molecule has 22 heavy (non-hydrogen) atoms. The fourth-order valence-corrected chi connectivity index (χ4v) is 1.69. The summed E-state index contributed by atoms with van der Waals surface area (Å²) in [5.41, 5.74) is 2.60. The van der Waals surface area contributed by atoms with Crippen LogP contribution in [0.3, 0.4) is 0 Å². The number of terminal acetylenes is 1. The van der Waals surface area contributed by atoms with Crippen molar-refractivity contribution in [3.63, 3.8) is 0 Å². The molecular formula is C19H15NO2. The van der Waals surface area contributed by atoms with Gasteiger partial charge in [-0.05, 0) is 29.8 Å². The lowest BCUT2D eigenvalue weighted by molar-refractivity contribution is 0.141. The number of hydrogen-bond donors (Lipinski definition) is 1. The number of amides is 1. The lowest BCUT2D eigenvalue weighted by Crippen LogP contribution is -2.24. The highest BCUT2D eigenvalue weighted by Gasteiger charge is 1.99. The molecule has 0 saturated carbocycles. The van der Waals surface area contributed by atoms with Crippen LogP contribution in [0.2, 0.25) is 0 Å². The van der Waals surface area contributed by atoms with Crippen LogP contribution in [0.4, 0.5) is 4.79 Å². The predicted molar refractivity (Wildman–Crippen MR) is 85.9 cm³/mol. The zero-order valence-electron chi connectivity index (χ0n) is 12.0. The van der Waals surface area contributed by atoms with Gasteiger partial charge in [0.15, 0.2) is 0 Å². The van der Waals surface area contributed by atoms with Gasteiger partial charge in [0.1, 0.15) is 6.61 Å². The molecule has 0 spiro atoms. The Kier molecular flexibility index (Phi) is 5.67. The van der Waals surface area contributed by atoms with Crippen LogP contribution in [-0.4, -0.2) is 12.6 Å². The Morgan fingerprint density at radius 2 is 1.73 bits per heavy atom. The Hall–Kier alpha value is -3.17. The maximum Gasteiger partial charge on any atom is 0.408 e. The smallest absolute Gasteiger partial charge is 0.408 e. The number of nitrogens with one attached hydrogen (secondary N) is 1. The molecule has 0 radical (unpaired) electrons. The minimum absolute atomic E-state index is 0.227. The third-order valence-electron chi connectivity index (χ3n) is 2.82. The highest BCUT2D eigenvalue weighted by molar-refractivity contribution is 5.67. The van der Waals surface area contributed by atoms with Gasteiger partial charge in [-0.1, -0.05) is 48.1 Å². The van der Waals surface area contributed by atoms with Gasteiger partial charge in [-0.2, -0.15) is 0 Å². The maximum atomic E-state index is 11.5. The molecule has 2 aromatic carbocycles. The summed E-state index contributed by atoms with van der Waals surface area (Å²) >= 11 is 0. The van der Waals surface area contributed by atoms with Gasteiger partial charge in [0.2, 0.25) is 0 Å². The average molecular weight is 289 g/mol. The number of ether oxygens (including phenoxy) is 1. The van der Waals surface area contributed by atoms with Crippen molar-refractivity contribution in [3.05, 3.63) is 71.3 Å². The van der Waals surface area contributed by atoms with Gasteiger partial charge < -0.3 is 10.1 Å². The molecular weight excluding hydrogens is 274 g/mol. The van der Waals surface area contributed by atoms with Crippen molar-refractivity contribution in [2.75, 3.05) is 6.54 Å². The number of hydrogen-bond acceptors (Lipinski definition) is 2.